The van der Waals surface area contributed by atoms with Crippen LogP contribution in [0.5, 0.6) is 0 Å². The SMILES string of the molecule is C[C@@H](O)c1nc2cnc3cccnc3c2n1[C@H]1CCNCC1(F)F. The summed E-state index contributed by atoms with van der Waals surface area (Å²) < 4.78 is 30.6. The molecule has 0 amide bonds. The van der Waals surface area contributed by atoms with Gasteiger partial charge in [0.1, 0.15) is 29.0 Å². The number of fused-ring (bicyclic) bond motifs is 3. The van der Waals surface area contributed by atoms with Gasteiger partial charge in [0.25, 0.3) is 5.92 Å². The minimum atomic E-state index is -2.94. The zero-order chi connectivity index (χ0) is 16.9. The Morgan fingerprint density at radius 3 is 2.96 bits per heavy atom. The number of aliphatic hydroxyl groups excluding tert-OH is 1. The van der Waals surface area contributed by atoms with Gasteiger partial charge in [-0.25, -0.2) is 13.8 Å². The molecule has 2 N–H and O–H groups in total. The smallest absolute Gasteiger partial charge is 0.280 e. The number of nitrogens with zero attached hydrogens (tertiary/aromatic N) is 4. The Balaban J connectivity index is 2.07. The Bertz CT molecular complexity index is 908. The summed E-state index contributed by atoms with van der Waals surface area (Å²) in [6.07, 6.45) is 2.42. The van der Waals surface area contributed by atoms with E-state index in [0.29, 0.717) is 28.6 Å². The molecule has 0 saturated carbocycles. The molecule has 1 aliphatic heterocycles. The van der Waals surface area contributed by atoms with E-state index in [2.05, 4.69) is 20.3 Å². The van der Waals surface area contributed by atoms with Gasteiger partial charge in [0, 0.05) is 6.20 Å². The van der Waals surface area contributed by atoms with E-state index in [4.69, 9.17) is 0 Å². The topological polar surface area (TPSA) is 75.9 Å². The lowest BCUT2D eigenvalue weighted by atomic mass is 10.0. The molecule has 0 radical (unpaired) electrons. The predicted octanol–water partition coefficient (Wildman–Crippen LogP) is 2.20. The molecule has 0 bridgehead atoms. The van der Waals surface area contributed by atoms with Gasteiger partial charge in [-0.2, -0.15) is 0 Å². The van der Waals surface area contributed by atoms with Crippen LogP contribution in [0.2, 0.25) is 0 Å². The second kappa shape index (κ2) is 5.42. The first-order valence-corrected chi connectivity index (χ1v) is 7.87. The Labute approximate surface area is 136 Å². The number of imidazole rings is 1. The van der Waals surface area contributed by atoms with Crippen LogP contribution >= 0.6 is 0 Å². The second-order valence-electron chi connectivity index (χ2n) is 6.12. The Hall–Kier alpha value is -2.19. The van der Waals surface area contributed by atoms with Crippen LogP contribution in [0.3, 0.4) is 0 Å². The lowest BCUT2D eigenvalue weighted by Gasteiger charge is -2.34. The van der Waals surface area contributed by atoms with Gasteiger partial charge in [0.15, 0.2) is 0 Å². The molecule has 4 rings (SSSR count). The normalized spacial score (nSPS) is 22.1. The highest BCUT2D eigenvalue weighted by Crippen LogP contribution is 2.39. The molecular weight excluding hydrogens is 316 g/mol. The van der Waals surface area contributed by atoms with Crippen LogP contribution in [-0.4, -0.2) is 43.6 Å². The van der Waals surface area contributed by atoms with Crippen LogP contribution < -0.4 is 5.32 Å². The van der Waals surface area contributed by atoms with E-state index in [1.165, 1.54) is 11.5 Å². The highest BCUT2D eigenvalue weighted by molar-refractivity contribution is 5.99. The fourth-order valence-electron chi connectivity index (χ4n) is 3.36. The number of rotatable bonds is 2. The van der Waals surface area contributed by atoms with E-state index in [-0.39, 0.29) is 12.2 Å². The minimum absolute atomic E-state index is 0.219. The summed E-state index contributed by atoms with van der Waals surface area (Å²) in [5, 5.41) is 12.8. The Morgan fingerprint density at radius 2 is 2.21 bits per heavy atom. The fourth-order valence-corrected chi connectivity index (χ4v) is 3.36. The minimum Gasteiger partial charge on any atom is -0.385 e. The maximum absolute atomic E-state index is 14.6. The van der Waals surface area contributed by atoms with Gasteiger partial charge in [-0.15, -0.1) is 0 Å². The van der Waals surface area contributed by atoms with Crippen molar-refractivity contribution in [1.29, 1.82) is 0 Å². The molecule has 8 heteroatoms. The van der Waals surface area contributed by atoms with E-state index in [9.17, 15) is 13.9 Å². The van der Waals surface area contributed by atoms with E-state index >= 15 is 0 Å². The van der Waals surface area contributed by atoms with Gasteiger partial charge in [-0.1, -0.05) is 0 Å². The fraction of sp³-hybridized carbons (Fsp3) is 0.438. The van der Waals surface area contributed by atoms with Crippen LogP contribution in [0.25, 0.3) is 22.1 Å². The average Bonchev–Trinajstić information content (AvgIpc) is 2.94. The molecule has 3 aromatic heterocycles. The third-order valence-electron chi connectivity index (χ3n) is 4.43. The lowest BCUT2D eigenvalue weighted by molar-refractivity contribution is -0.0666. The van der Waals surface area contributed by atoms with Crippen molar-refractivity contribution in [2.24, 2.45) is 0 Å². The maximum Gasteiger partial charge on any atom is 0.280 e. The molecule has 6 nitrogen and oxygen atoms in total. The summed E-state index contributed by atoms with van der Waals surface area (Å²) in [5.41, 5.74) is 2.10. The van der Waals surface area contributed by atoms with Crippen molar-refractivity contribution in [3.05, 3.63) is 30.4 Å². The van der Waals surface area contributed by atoms with Crippen molar-refractivity contribution in [3.8, 4) is 0 Å². The highest BCUT2D eigenvalue weighted by Gasteiger charge is 2.44. The standard InChI is InChI=1S/C16H17F2N5O/c1-9(24)15-22-11-7-21-10-3-2-5-20-13(10)14(11)23(15)12-4-6-19-8-16(12,17)18/h2-3,5,7,9,12,19,24H,4,6,8H2,1H3/t9-,12+/m1/s1. The quantitative estimate of drug-likeness (QED) is 0.752. The average molecular weight is 333 g/mol. The van der Waals surface area contributed by atoms with E-state index in [0.717, 1.165) is 0 Å². The summed E-state index contributed by atoms with van der Waals surface area (Å²) in [7, 11) is 0. The van der Waals surface area contributed by atoms with Crippen LogP contribution in [0, 0.1) is 0 Å². The maximum atomic E-state index is 14.6. The van der Waals surface area contributed by atoms with Gasteiger partial charge in [0.05, 0.1) is 23.8 Å². The van der Waals surface area contributed by atoms with Crippen LogP contribution in [0.1, 0.15) is 31.3 Å². The van der Waals surface area contributed by atoms with Crippen LogP contribution in [0.15, 0.2) is 24.5 Å². The highest BCUT2D eigenvalue weighted by atomic mass is 19.3. The van der Waals surface area contributed by atoms with Crippen LogP contribution in [-0.2, 0) is 0 Å². The molecular formula is C16H17F2N5O. The number of pyridine rings is 2. The number of piperidine rings is 1. The molecule has 0 aliphatic carbocycles. The first-order chi connectivity index (χ1) is 11.5. The number of nitrogens with one attached hydrogen (secondary N) is 1. The predicted molar refractivity (Wildman–Crippen MR) is 84.9 cm³/mol. The van der Waals surface area contributed by atoms with Crippen molar-refractivity contribution in [1.82, 2.24) is 24.8 Å². The van der Waals surface area contributed by atoms with Crippen molar-refractivity contribution in [2.75, 3.05) is 13.1 Å². The Kier molecular flexibility index (Phi) is 3.47. The zero-order valence-electron chi connectivity index (χ0n) is 13.1. The van der Waals surface area contributed by atoms with Crippen molar-refractivity contribution in [2.45, 2.75) is 31.4 Å². The number of aliphatic hydroxyl groups is 1. The molecule has 4 heterocycles. The lowest BCUT2D eigenvalue weighted by Crippen LogP contribution is -2.47. The van der Waals surface area contributed by atoms with E-state index < -0.39 is 24.6 Å². The zero-order valence-corrected chi connectivity index (χ0v) is 13.1. The number of halogens is 2. The van der Waals surface area contributed by atoms with Gasteiger partial charge in [-0.05, 0) is 32.0 Å². The summed E-state index contributed by atoms with van der Waals surface area (Å²) in [4.78, 5) is 13.0. The second-order valence-corrected chi connectivity index (χ2v) is 6.12. The van der Waals surface area contributed by atoms with Crippen molar-refractivity contribution in [3.63, 3.8) is 0 Å². The molecule has 24 heavy (non-hydrogen) atoms. The number of hydrogen-bond acceptors (Lipinski definition) is 5. The summed E-state index contributed by atoms with van der Waals surface area (Å²) >= 11 is 0. The Morgan fingerprint density at radius 1 is 1.38 bits per heavy atom. The van der Waals surface area contributed by atoms with Gasteiger partial charge < -0.3 is 15.0 Å². The molecule has 1 saturated heterocycles. The summed E-state index contributed by atoms with van der Waals surface area (Å²) in [5.74, 6) is -2.73. The van der Waals surface area contributed by atoms with E-state index in [1.807, 2.05) is 0 Å². The van der Waals surface area contributed by atoms with Gasteiger partial charge in [0.2, 0.25) is 0 Å². The molecule has 2 atom stereocenters. The van der Waals surface area contributed by atoms with Crippen LogP contribution in [0.4, 0.5) is 8.78 Å². The number of hydrogen-bond donors (Lipinski definition) is 2. The molecule has 1 fully saturated rings. The molecule has 126 valence electrons. The summed E-state index contributed by atoms with van der Waals surface area (Å²) in [6, 6.07) is 2.44. The molecule has 0 spiro atoms. The third-order valence-corrected chi connectivity index (χ3v) is 4.43. The third kappa shape index (κ3) is 2.25. The molecule has 0 aromatic carbocycles. The number of alkyl halides is 2. The van der Waals surface area contributed by atoms with Gasteiger partial charge in [-0.3, -0.25) is 9.97 Å². The number of aromatic nitrogens is 4. The van der Waals surface area contributed by atoms with Crippen molar-refractivity contribution >= 4 is 22.1 Å². The largest absolute Gasteiger partial charge is 0.385 e. The van der Waals surface area contributed by atoms with E-state index in [1.54, 1.807) is 24.5 Å². The van der Waals surface area contributed by atoms with Crippen molar-refractivity contribution < 1.29 is 13.9 Å². The molecule has 3 aromatic rings. The summed E-state index contributed by atoms with van der Waals surface area (Å²) in [6.45, 7) is 1.61. The molecule has 0 unspecified atom stereocenters. The first-order valence-electron chi connectivity index (χ1n) is 7.87. The molecule has 1 aliphatic rings. The van der Waals surface area contributed by atoms with Gasteiger partial charge >= 0.3 is 0 Å². The first kappa shape index (κ1) is 15.3. The monoisotopic (exact) mass is 333 g/mol.